The summed E-state index contributed by atoms with van der Waals surface area (Å²) in [4.78, 5) is 11.2. The average Bonchev–Trinajstić information content (AvgIpc) is 2.36. The molecule has 2 aromatic rings. The number of benzene rings is 1. The molecule has 0 radical (unpaired) electrons. The van der Waals surface area contributed by atoms with Crippen molar-refractivity contribution in [3.8, 4) is 5.75 Å². The summed E-state index contributed by atoms with van der Waals surface area (Å²) in [6.07, 6.45) is 3.66. The summed E-state index contributed by atoms with van der Waals surface area (Å²) in [6, 6.07) is 10.9. The minimum absolute atomic E-state index is 0.329. The molecular formula is C15H14O3. The normalized spacial score (nSPS) is 10.8. The fourth-order valence-electron chi connectivity index (χ4n) is 1.60. The van der Waals surface area contributed by atoms with Crippen LogP contribution in [0.5, 0.6) is 5.75 Å². The fourth-order valence-corrected chi connectivity index (χ4v) is 1.60. The van der Waals surface area contributed by atoms with Crippen molar-refractivity contribution < 1.29 is 9.15 Å². The summed E-state index contributed by atoms with van der Waals surface area (Å²) in [6.45, 7) is 1.86. The molecule has 0 amide bonds. The third-order valence-corrected chi connectivity index (χ3v) is 2.49. The van der Waals surface area contributed by atoms with Gasteiger partial charge in [-0.15, -0.1) is 0 Å². The minimum Gasteiger partial charge on any atom is -0.497 e. The zero-order valence-corrected chi connectivity index (χ0v) is 10.3. The van der Waals surface area contributed by atoms with E-state index in [-0.39, 0.29) is 5.63 Å². The summed E-state index contributed by atoms with van der Waals surface area (Å²) >= 11 is 0. The maximum Gasteiger partial charge on any atom is 0.336 e. The molecule has 1 heterocycles. The topological polar surface area (TPSA) is 39.4 Å². The van der Waals surface area contributed by atoms with Gasteiger partial charge in [0, 0.05) is 6.07 Å². The van der Waals surface area contributed by atoms with Crippen LogP contribution in [0.4, 0.5) is 0 Å². The molecule has 0 saturated carbocycles. The van der Waals surface area contributed by atoms with Gasteiger partial charge in [-0.05, 0) is 42.3 Å². The Morgan fingerprint density at radius 1 is 1.11 bits per heavy atom. The largest absolute Gasteiger partial charge is 0.497 e. The molecule has 2 rings (SSSR count). The second kappa shape index (κ2) is 5.36. The van der Waals surface area contributed by atoms with Crippen molar-refractivity contribution in [2.75, 3.05) is 7.11 Å². The molecular weight excluding hydrogens is 228 g/mol. The standard InChI is InChI=1S/C15H14O3/c1-11-9-14(18-15(16)10-11)8-5-12-3-6-13(17-2)7-4-12/h3-10H,1-2H3. The van der Waals surface area contributed by atoms with Crippen molar-refractivity contribution in [3.63, 3.8) is 0 Å². The molecule has 0 aliphatic heterocycles. The monoisotopic (exact) mass is 242 g/mol. The van der Waals surface area contributed by atoms with E-state index in [1.165, 1.54) is 6.07 Å². The molecule has 1 aromatic heterocycles. The van der Waals surface area contributed by atoms with Crippen molar-refractivity contribution in [2.45, 2.75) is 6.92 Å². The zero-order valence-electron chi connectivity index (χ0n) is 10.3. The molecule has 0 spiro atoms. The zero-order chi connectivity index (χ0) is 13.0. The van der Waals surface area contributed by atoms with Gasteiger partial charge in [0.05, 0.1) is 7.11 Å². The highest BCUT2D eigenvalue weighted by Gasteiger charge is 1.95. The number of rotatable bonds is 3. The first-order valence-electron chi connectivity index (χ1n) is 5.61. The number of hydrogen-bond acceptors (Lipinski definition) is 3. The van der Waals surface area contributed by atoms with E-state index in [0.29, 0.717) is 5.76 Å². The summed E-state index contributed by atoms with van der Waals surface area (Å²) in [5, 5.41) is 0. The minimum atomic E-state index is -0.329. The first-order chi connectivity index (χ1) is 8.67. The van der Waals surface area contributed by atoms with E-state index in [4.69, 9.17) is 9.15 Å². The second-order valence-electron chi connectivity index (χ2n) is 3.96. The Morgan fingerprint density at radius 3 is 2.44 bits per heavy atom. The molecule has 3 heteroatoms. The maximum absolute atomic E-state index is 11.2. The van der Waals surface area contributed by atoms with Crippen molar-refractivity contribution in [1.82, 2.24) is 0 Å². The van der Waals surface area contributed by atoms with E-state index < -0.39 is 0 Å². The maximum atomic E-state index is 11.2. The fraction of sp³-hybridized carbons (Fsp3) is 0.133. The van der Waals surface area contributed by atoms with Crippen LogP contribution in [-0.4, -0.2) is 7.11 Å². The van der Waals surface area contributed by atoms with E-state index in [1.54, 1.807) is 13.2 Å². The Morgan fingerprint density at radius 2 is 1.83 bits per heavy atom. The molecule has 0 atom stereocenters. The number of hydrogen-bond donors (Lipinski definition) is 0. The van der Waals surface area contributed by atoms with Crippen LogP contribution >= 0.6 is 0 Å². The predicted molar refractivity (Wildman–Crippen MR) is 71.6 cm³/mol. The van der Waals surface area contributed by atoms with Gasteiger partial charge in [-0.1, -0.05) is 18.2 Å². The molecule has 0 bridgehead atoms. The van der Waals surface area contributed by atoms with E-state index in [1.807, 2.05) is 43.3 Å². The first-order valence-corrected chi connectivity index (χ1v) is 5.61. The second-order valence-corrected chi connectivity index (χ2v) is 3.96. The van der Waals surface area contributed by atoms with Gasteiger partial charge in [0.15, 0.2) is 0 Å². The van der Waals surface area contributed by atoms with Crippen LogP contribution in [0, 0.1) is 6.92 Å². The molecule has 0 N–H and O–H groups in total. The van der Waals surface area contributed by atoms with Crippen LogP contribution in [0.2, 0.25) is 0 Å². The molecule has 1 aromatic carbocycles. The van der Waals surface area contributed by atoms with Gasteiger partial charge < -0.3 is 9.15 Å². The first kappa shape index (κ1) is 12.2. The van der Waals surface area contributed by atoms with Crippen molar-refractivity contribution in [2.24, 2.45) is 0 Å². The third-order valence-electron chi connectivity index (χ3n) is 2.49. The average molecular weight is 242 g/mol. The summed E-state index contributed by atoms with van der Waals surface area (Å²) < 4.78 is 10.1. The highest BCUT2D eigenvalue weighted by Crippen LogP contribution is 2.13. The summed E-state index contributed by atoms with van der Waals surface area (Å²) in [7, 11) is 1.63. The van der Waals surface area contributed by atoms with Crippen LogP contribution in [-0.2, 0) is 0 Å². The lowest BCUT2D eigenvalue weighted by atomic mass is 10.2. The summed E-state index contributed by atoms with van der Waals surface area (Å²) in [5.74, 6) is 1.37. The molecule has 0 aliphatic carbocycles. The van der Waals surface area contributed by atoms with Crippen molar-refractivity contribution >= 4 is 12.2 Å². The number of ether oxygens (including phenoxy) is 1. The highest BCUT2D eigenvalue weighted by atomic mass is 16.5. The van der Waals surface area contributed by atoms with Crippen LogP contribution in [0.25, 0.3) is 12.2 Å². The lowest BCUT2D eigenvalue weighted by Gasteiger charge is -1.99. The van der Waals surface area contributed by atoms with Crippen LogP contribution in [0.15, 0.2) is 45.6 Å². The Kier molecular flexibility index (Phi) is 3.63. The number of aryl methyl sites for hydroxylation is 1. The highest BCUT2D eigenvalue weighted by molar-refractivity contribution is 5.67. The molecule has 0 unspecified atom stereocenters. The van der Waals surface area contributed by atoms with Gasteiger partial charge in [-0.3, -0.25) is 0 Å². The molecule has 0 saturated heterocycles. The lowest BCUT2D eigenvalue weighted by molar-refractivity contribution is 0.415. The Balaban J connectivity index is 2.21. The van der Waals surface area contributed by atoms with Gasteiger partial charge in [0.25, 0.3) is 0 Å². The summed E-state index contributed by atoms with van der Waals surface area (Å²) in [5.41, 5.74) is 1.57. The third kappa shape index (κ3) is 3.10. The predicted octanol–water partition coefficient (Wildman–Crippen LogP) is 3.13. The lowest BCUT2D eigenvalue weighted by Crippen LogP contribution is -1.97. The van der Waals surface area contributed by atoms with E-state index in [9.17, 15) is 4.79 Å². The van der Waals surface area contributed by atoms with Crippen molar-refractivity contribution in [3.05, 3.63) is 63.7 Å². The molecule has 0 aliphatic rings. The van der Waals surface area contributed by atoms with E-state index in [2.05, 4.69) is 0 Å². The Bertz CT molecular complexity index is 606. The molecule has 92 valence electrons. The smallest absolute Gasteiger partial charge is 0.336 e. The quantitative estimate of drug-likeness (QED) is 0.830. The van der Waals surface area contributed by atoms with Gasteiger partial charge in [-0.2, -0.15) is 0 Å². The van der Waals surface area contributed by atoms with Gasteiger partial charge in [0.2, 0.25) is 0 Å². The van der Waals surface area contributed by atoms with Crippen LogP contribution in [0.1, 0.15) is 16.9 Å². The molecule has 0 fully saturated rings. The SMILES string of the molecule is COc1ccc(C=Cc2cc(C)cc(=O)o2)cc1. The van der Waals surface area contributed by atoms with Gasteiger partial charge in [-0.25, -0.2) is 4.79 Å². The van der Waals surface area contributed by atoms with Gasteiger partial charge in [0.1, 0.15) is 11.5 Å². The number of methoxy groups -OCH3 is 1. The van der Waals surface area contributed by atoms with Gasteiger partial charge >= 0.3 is 5.63 Å². The van der Waals surface area contributed by atoms with E-state index >= 15 is 0 Å². The van der Waals surface area contributed by atoms with Crippen LogP contribution in [0.3, 0.4) is 0 Å². The Hall–Kier alpha value is -2.29. The van der Waals surface area contributed by atoms with Crippen LogP contribution < -0.4 is 10.4 Å². The van der Waals surface area contributed by atoms with E-state index in [0.717, 1.165) is 16.9 Å². The Labute approximate surface area is 105 Å². The van der Waals surface area contributed by atoms with Crippen molar-refractivity contribution in [1.29, 1.82) is 0 Å². The molecule has 3 nitrogen and oxygen atoms in total. The molecule has 18 heavy (non-hydrogen) atoms.